The standard InChI is InChI=1S/C12H25BNO3/c15-9-12(17)7-13-6-11(16)8-14-10-4-2-1-3-5-10/h10-12,14-17H,1-9H2. The lowest BCUT2D eigenvalue weighted by Gasteiger charge is -2.24. The third-order valence-electron chi connectivity index (χ3n) is 3.34. The molecule has 0 amide bonds. The van der Waals surface area contributed by atoms with Crippen LogP contribution in [0.25, 0.3) is 0 Å². The molecule has 1 saturated carbocycles. The summed E-state index contributed by atoms with van der Waals surface area (Å²) in [5.41, 5.74) is 0. The molecule has 1 aliphatic carbocycles. The average molecular weight is 242 g/mol. The van der Waals surface area contributed by atoms with Crippen molar-refractivity contribution in [3.8, 4) is 0 Å². The Hall–Kier alpha value is -0.0951. The van der Waals surface area contributed by atoms with Gasteiger partial charge >= 0.3 is 0 Å². The number of hydrogen-bond acceptors (Lipinski definition) is 4. The van der Waals surface area contributed by atoms with Crippen molar-refractivity contribution in [3.63, 3.8) is 0 Å². The van der Waals surface area contributed by atoms with Gasteiger partial charge in [-0.05, 0) is 12.8 Å². The monoisotopic (exact) mass is 242 g/mol. The van der Waals surface area contributed by atoms with Crippen LogP contribution in [0.1, 0.15) is 32.1 Å². The zero-order valence-electron chi connectivity index (χ0n) is 10.5. The molecule has 0 saturated heterocycles. The quantitative estimate of drug-likeness (QED) is 0.458. The molecule has 2 unspecified atom stereocenters. The van der Waals surface area contributed by atoms with Gasteiger partial charge in [0.1, 0.15) is 7.28 Å². The highest BCUT2D eigenvalue weighted by Crippen LogP contribution is 2.17. The molecule has 0 heterocycles. The van der Waals surface area contributed by atoms with Crippen molar-refractivity contribution >= 4 is 7.28 Å². The first-order valence-corrected chi connectivity index (χ1v) is 6.74. The van der Waals surface area contributed by atoms with Crippen LogP contribution < -0.4 is 5.32 Å². The van der Waals surface area contributed by atoms with E-state index >= 15 is 0 Å². The summed E-state index contributed by atoms with van der Waals surface area (Å²) in [5.74, 6) is 0. The Morgan fingerprint density at radius 3 is 2.35 bits per heavy atom. The average Bonchev–Trinajstić information content (AvgIpc) is 2.37. The van der Waals surface area contributed by atoms with E-state index in [1.807, 2.05) is 7.28 Å². The molecule has 5 heteroatoms. The van der Waals surface area contributed by atoms with Gasteiger partial charge in [0.25, 0.3) is 0 Å². The summed E-state index contributed by atoms with van der Waals surface area (Å²) in [6.45, 7) is 0.406. The minimum absolute atomic E-state index is 0.215. The second kappa shape index (κ2) is 8.92. The van der Waals surface area contributed by atoms with Crippen LogP contribution in [0.4, 0.5) is 0 Å². The molecule has 0 spiro atoms. The van der Waals surface area contributed by atoms with Crippen molar-refractivity contribution in [1.82, 2.24) is 5.32 Å². The van der Waals surface area contributed by atoms with Gasteiger partial charge in [0, 0.05) is 12.6 Å². The topological polar surface area (TPSA) is 72.7 Å². The van der Waals surface area contributed by atoms with Gasteiger partial charge in [-0.25, -0.2) is 0 Å². The summed E-state index contributed by atoms with van der Waals surface area (Å²) in [6.07, 6.45) is 6.31. The van der Waals surface area contributed by atoms with Gasteiger partial charge in [-0.15, -0.1) is 0 Å². The minimum atomic E-state index is -0.687. The summed E-state index contributed by atoms with van der Waals surface area (Å²) in [6, 6.07) is 0.571. The Labute approximate surface area is 105 Å². The fourth-order valence-corrected chi connectivity index (χ4v) is 2.25. The van der Waals surface area contributed by atoms with Crippen molar-refractivity contribution in [2.75, 3.05) is 13.2 Å². The van der Waals surface area contributed by atoms with E-state index in [1.165, 1.54) is 32.1 Å². The second-order valence-electron chi connectivity index (χ2n) is 4.99. The SMILES string of the molecule is OCC(O)C[B]CC(O)CNC1CCCCC1. The van der Waals surface area contributed by atoms with Crippen molar-refractivity contribution in [2.45, 2.75) is 63.0 Å². The molecule has 2 atom stereocenters. The maximum Gasteiger partial charge on any atom is 0.116 e. The fourth-order valence-electron chi connectivity index (χ4n) is 2.25. The molecular weight excluding hydrogens is 217 g/mol. The Bertz CT molecular complexity index is 189. The summed E-state index contributed by atoms with van der Waals surface area (Å²) in [5, 5.41) is 30.9. The predicted octanol–water partition coefficient (Wildman–Crippen LogP) is 0.164. The second-order valence-corrected chi connectivity index (χ2v) is 4.99. The van der Waals surface area contributed by atoms with Crippen molar-refractivity contribution in [1.29, 1.82) is 0 Å². The molecule has 1 radical (unpaired) electrons. The molecule has 4 N–H and O–H groups in total. The van der Waals surface area contributed by atoms with E-state index in [0.29, 0.717) is 25.2 Å². The normalized spacial score (nSPS) is 21.1. The third kappa shape index (κ3) is 7.04. The Morgan fingerprint density at radius 1 is 1.06 bits per heavy atom. The smallest absolute Gasteiger partial charge is 0.116 e. The van der Waals surface area contributed by atoms with Crippen LogP contribution in [0.2, 0.25) is 12.6 Å². The van der Waals surface area contributed by atoms with Crippen molar-refractivity contribution < 1.29 is 15.3 Å². The molecule has 0 aromatic carbocycles. The predicted molar refractivity (Wildman–Crippen MR) is 69.3 cm³/mol. The summed E-state index contributed by atoms with van der Waals surface area (Å²) in [7, 11) is 1.84. The summed E-state index contributed by atoms with van der Waals surface area (Å²) >= 11 is 0. The van der Waals surface area contributed by atoms with Gasteiger partial charge < -0.3 is 20.6 Å². The van der Waals surface area contributed by atoms with Gasteiger partial charge in [0.05, 0.1) is 18.8 Å². The Morgan fingerprint density at radius 2 is 1.71 bits per heavy atom. The number of rotatable bonds is 8. The lowest BCUT2D eigenvalue weighted by atomic mass is 9.67. The minimum Gasteiger partial charge on any atom is -0.394 e. The van der Waals surface area contributed by atoms with Crippen molar-refractivity contribution in [3.05, 3.63) is 0 Å². The van der Waals surface area contributed by atoms with E-state index in [-0.39, 0.29) is 12.7 Å². The van der Waals surface area contributed by atoms with Crippen LogP contribution in [0.15, 0.2) is 0 Å². The van der Waals surface area contributed by atoms with E-state index in [4.69, 9.17) is 10.2 Å². The summed E-state index contributed by atoms with van der Waals surface area (Å²) < 4.78 is 0. The molecule has 0 aliphatic heterocycles. The zero-order chi connectivity index (χ0) is 12.5. The Kier molecular flexibility index (Phi) is 7.85. The van der Waals surface area contributed by atoms with Gasteiger partial charge in [0.2, 0.25) is 0 Å². The summed E-state index contributed by atoms with van der Waals surface area (Å²) in [4.78, 5) is 0. The molecule has 1 fully saturated rings. The van der Waals surface area contributed by atoms with Gasteiger partial charge in [-0.1, -0.05) is 31.9 Å². The van der Waals surface area contributed by atoms with Gasteiger partial charge in [-0.2, -0.15) is 0 Å². The highest BCUT2D eigenvalue weighted by atomic mass is 16.3. The maximum absolute atomic E-state index is 9.73. The van der Waals surface area contributed by atoms with E-state index in [0.717, 1.165) is 0 Å². The molecule has 1 rings (SSSR count). The first-order valence-electron chi connectivity index (χ1n) is 6.74. The molecule has 0 bridgehead atoms. The number of aliphatic hydroxyl groups excluding tert-OH is 3. The lowest BCUT2D eigenvalue weighted by Crippen LogP contribution is -2.37. The van der Waals surface area contributed by atoms with Crippen LogP contribution >= 0.6 is 0 Å². The first kappa shape index (κ1) is 15.0. The highest BCUT2D eigenvalue weighted by molar-refractivity contribution is 6.35. The zero-order valence-corrected chi connectivity index (χ0v) is 10.5. The highest BCUT2D eigenvalue weighted by Gasteiger charge is 2.14. The number of hydrogen-bond donors (Lipinski definition) is 4. The molecule has 1 aliphatic rings. The van der Waals surface area contributed by atoms with Crippen LogP contribution in [0, 0.1) is 0 Å². The molecule has 0 aromatic rings. The molecule has 17 heavy (non-hydrogen) atoms. The van der Waals surface area contributed by atoms with E-state index < -0.39 is 6.10 Å². The van der Waals surface area contributed by atoms with Crippen LogP contribution in [0.3, 0.4) is 0 Å². The number of aliphatic hydroxyl groups is 3. The molecular formula is C12H25BNO3. The van der Waals surface area contributed by atoms with Crippen LogP contribution in [-0.2, 0) is 0 Å². The lowest BCUT2D eigenvalue weighted by molar-refractivity contribution is 0.109. The van der Waals surface area contributed by atoms with E-state index in [1.54, 1.807) is 0 Å². The van der Waals surface area contributed by atoms with Crippen LogP contribution in [0.5, 0.6) is 0 Å². The first-order chi connectivity index (χ1) is 8.22. The van der Waals surface area contributed by atoms with Crippen molar-refractivity contribution in [2.24, 2.45) is 0 Å². The van der Waals surface area contributed by atoms with Crippen LogP contribution in [-0.4, -0.2) is 54.0 Å². The molecule has 0 aromatic heterocycles. The molecule has 4 nitrogen and oxygen atoms in total. The maximum atomic E-state index is 9.73. The van der Waals surface area contributed by atoms with Gasteiger partial charge in [-0.3, -0.25) is 0 Å². The van der Waals surface area contributed by atoms with E-state index in [2.05, 4.69) is 5.32 Å². The Balaban J connectivity index is 1.98. The third-order valence-corrected chi connectivity index (χ3v) is 3.34. The van der Waals surface area contributed by atoms with E-state index in [9.17, 15) is 5.11 Å². The fraction of sp³-hybridized carbons (Fsp3) is 1.00. The largest absolute Gasteiger partial charge is 0.394 e. The van der Waals surface area contributed by atoms with Gasteiger partial charge in [0.15, 0.2) is 0 Å². The molecule has 99 valence electrons. The number of nitrogens with one attached hydrogen (secondary N) is 1.